The van der Waals surface area contributed by atoms with Gasteiger partial charge in [-0.2, -0.15) is 5.10 Å². The number of amidine groups is 1. The fourth-order valence-electron chi connectivity index (χ4n) is 3.11. The van der Waals surface area contributed by atoms with Gasteiger partial charge in [-0.25, -0.2) is 0 Å². The lowest BCUT2D eigenvalue weighted by atomic mass is 9.87. The van der Waals surface area contributed by atoms with Crippen molar-refractivity contribution >= 4 is 35.1 Å². The molecular weight excluding hydrogens is 420 g/mol. The molecule has 1 aliphatic rings. The molecule has 3 heterocycles. The van der Waals surface area contributed by atoms with Crippen molar-refractivity contribution < 1.29 is 9.21 Å². The van der Waals surface area contributed by atoms with Crippen LogP contribution in [-0.4, -0.2) is 27.2 Å². The van der Waals surface area contributed by atoms with Crippen LogP contribution in [0.1, 0.15) is 43.2 Å². The summed E-state index contributed by atoms with van der Waals surface area (Å²) >= 11 is 1.29. The average Bonchev–Trinajstić information content (AvgIpc) is 3.39. The van der Waals surface area contributed by atoms with Crippen molar-refractivity contribution in [3.8, 4) is 0 Å². The number of hydrogen-bond acceptors (Lipinski definition) is 6. The van der Waals surface area contributed by atoms with E-state index in [0.29, 0.717) is 15.8 Å². The number of nitrogens with zero attached hydrogens (tertiary/aromatic N) is 4. The molecule has 1 aromatic carbocycles. The first-order valence-corrected chi connectivity index (χ1v) is 11.1. The number of rotatable bonds is 5. The molecule has 2 aromatic heterocycles. The lowest BCUT2D eigenvalue weighted by molar-refractivity contribution is -0.122. The van der Waals surface area contributed by atoms with E-state index in [1.165, 1.54) is 17.3 Å². The van der Waals surface area contributed by atoms with Gasteiger partial charge in [0.05, 0.1) is 23.9 Å². The van der Waals surface area contributed by atoms with Crippen LogP contribution in [-0.2, 0) is 16.8 Å². The van der Waals surface area contributed by atoms with Gasteiger partial charge >= 0.3 is 0 Å². The second-order valence-electron chi connectivity index (χ2n) is 8.37. The predicted octanol–water partition coefficient (Wildman–Crippen LogP) is 5.48. The van der Waals surface area contributed by atoms with Gasteiger partial charge in [0.15, 0.2) is 5.17 Å². The minimum absolute atomic E-state index is 0.0973. The van der Waals surface area contributed by atoms with Crippen molar-refractivity contribution in [3.63, 3.8) is 0 Å². The largest absolute Gasteiger partial charge is 0.467 e. The van der Waals surface area contributed by atoms with Crippen LogP contribution >= 0.6 is 11.8 Å². The summed E-state index contributed by atoms with van der Waals surface area (Å²) in [7, 11) is 0. The van der Waals surface area contributed by atoms with Crippen molar-refractivity contribution in [3.05, 3.63) is 94.5 Å². The van der Waals surface area contributed by atoms with E-state index in [-0.39, 0.29) is 17.9 Å². The number of amides is 1. The smallest absolute Gasteiger partial charge is 0.267 e. The van der Waals surface area contributed by atoms with E-state index in [1.807, 2.05) is 36.4 Å². The number of pyridine rings is 1. The minimum Gasteiger partial charge on any atom is -0.467 e. The molecule has 1 fully saturated rings. The first-order chi connectivity index (χ1) is 15.4. The molecule has 32 heavy (non-hydrogen) atoms. The van der Waals surface area contributed by atoms with Crippen molar-refractivity contribution in [2.45, 2.75) is 32.7 Å². The Morgan fingerprint density at radius 2 is 1.91 bits per heavy atom. The summed E-state index contributed by atoms with van der Waals surface area (Å²) in [5.41, 5.74) is 3.15. The van der Waals surface area contributed by atoms with Crippen molar-refractivity contribution in [2.24, 2.45) is 10.2 Å². The Morgan fingerprint density at radius 1 is 1.09 bits per heavy atom. The summed E-state index contributed by atoms with van der Waals surface area (Å²) in [6.45, 7) is 6.83. The van der Waals surface area contributed by atoms with E-state index >= 15 is 0 Å². The number of aromatic nitrogens is 1. The number of hydrogen-bond donors (Lipinski definition) is 0. The highest BCUT2D eigenvalue weighted by atomic mass is 32.2. The Labute approximate surface area is 191 Å². The van der Waals surface area contributed by atoms with Gasteiger partial charge in [0.2, 0.25) is 0 Å². The molecule has 3 aromatic rings. The predicted molar refractivity (Wildman–Crippen MR) is 129 cm³/mol. The third-order valence-corrected chi connectivity index (χ3v) is 5.89. The zero-order valence-electron chi connectivity index (χ0n) is 18.2. The van der Waals surface area contributed by atoms with E-state index in [1.54, 1.807) is 35.8 Å². The van der Waals surface area contributed by atoms with Crippen LogP contribution in [0, 0.1) is 0 Å². The van der Waals surface area contributed by atoms with Crippen LogP contribution in [0.4, 0.5) is 0 Å². The molecular formula is C25H24N4O2S. The Balaban J connectivity index is 1.57. The van der Waals surface area contributed by atoms with Crippen LogP contribution in [0.5, 0.6) is 0 Å². The summed E-state index contributed by atoms with van der Waals surface area (Å²) in [5.74, 6) is 0.537. The zero-order valence-corrected chi connectivity index (χ0v) is 19.0. The second kappa shape index (κ2) is 9.36. The van der Waals surface area contributed by atoms with Gasteiger partial charge in [0.25, 0.3) is 5.91 Å². The summed E-state index contributed by atoms with van der Waals surface area (Å²) in [5, 5.41) is 9.10. The Bertz CT molecular complexity index is 1160. The molecule has 0 N–H and O–H groups in total. The van der Waals surface area contributed by atoms with Gasteiger partial charge < -0.3 is 4.42 Å². The Hall–Kier alpha value is -3.45. The number of thioether (sulfide) groups is 1. The highest BCUT2D eigenvalue weighted by Crippen LogP contribution is 2.33. The molecule has 1 saturated heterocycles. The van der Waals surface area contributed by atoms with E-state index in [2.05, 4.69) is 48.1 Å². The zero-order chi connectivity index (χ0) is 22.6. The van der Waals surface area contributed by atoms with Crippen molar-refractivity contribution in [1.82, 2.24) is 9.88 Å². The molecule has 0 aliphatic carbocycles. The normalized spacial score (nSPS) is 17.2. The summed E-state index contributed by atoms with van der Waals surface area (Å²) in [6.07, 6.45) is 8.51. The van der Waals surface area contributed by atoms with E-state index in [0.717, 1.165) is 11.1 Å². The average molecular weight is 445 g/mol. The van der Waals surface area contributed by atoms with Crippen LogP contribution < -0.4 is 0 Å². The number of benzene rings is 1. The number of furan rings is 1. The maximum atomic E-state index is 13.1. The maximum Gasteiger partial charge on any atom is 0.267 e. The van der Waals surface area contributed by atoms with E-state index < -0.39 is 0 Å². The third-order valence-electron chi connectivity index (χ3n) is 4.89. The third kappa shape index (κ3) is 5.23. The monoisotopic (exact) mass is 444 g/mol. The minimum atomic E-state index is -0.140. The molecule has 7 heteroatoms. The van der Waals surface area contributed by atoms with Gasteiger partial charge in [-0.3, -0.25) is 14.7 Å². The molecule has 162 valence electrons. The molecule has 0 spiro atoms. The Kier molecular flexibility index (Phi) is 6.37. The van der Waals surface area contributed by atoms with E-state index in [4.69, 9.17) is 4.42 Å². The van der Waals surface area contributed by atoms with Crippen molar-refractivity contribution in [1.29, 1.82) is 0 Å². The summed E-state index contributed by atoms with van der Waals surface area (Å²) in [4.78, 5) is 19.3. The quantitative estimate of drug-likeness (QED) is 0.297. The molecule has 4 rings (SSSR count). The fourth-order valence-corrected chi connectivity index (χ4v) is 4.04. The Morgan fingerprint density at radius 3 is 2.56 bits per heavy atom. The lowest BCUT2D eigenvalue weighted by Gasteiger charge is -2.18. The molecule has 0 unspecified atom stereocenters. The molecule has 0 bridgehead atoms. The molecule has 0 radical (unpaired) electrons. The van der Waals surface area contributed by atoms with Crippen molar-refractivity contribution in [2.75, 3.05) is 0 Å². The summed E-state index contributed by atoms with van der Waals surface area (Å²) < 4.78 is 5.43. The van der Waals surface area contributed by atoms with E-state index in [9.17, 15) is 4.79 Å². The number of carbonyl (C=O) groups is 1. The number of carbonyl (C=O) groups excluding carboxylic acids is 1. The van der Waals surface area contributed by atoms with Crippen LogP contribution in [0.3, 0.4) is 0 Å². The second-order valence-corrected chi connectivity index (χ2v) is 9.38. The molecule has 6 nitrogen and oxygen atoms in total. The van der Waals surface area contributed by atoms with Gasteiger partial charge in [-0.05, 0) is 58.1 Å². The first kappa shape index (κ1) is 21.8. The molecule has 0 saturated carbocycles. The SMILES string of the molecule is CC(C)(C)c1ccc(/C=N/N=C2\S/C(=C\c3cccnc3)C(=O)N2Cc2ccco2)cc1. The molecule has 1 amide bonds. The maximum absolute atomic E-state index is 13.1. The van der Waals surface area contributed by atoms with Gasteiger partial charge in [-0.1, -0.05) is 51.1 Å². The fraction of sp³-hybridized carbons (Fsp3) is 0.200. The van der Waals surface area contributed by atoms with Gasteiger partial charge in [0, 0.05) is 12.4 Å². The van der Waals surface area contributed by atoms with Gasteiger partial charge in [0.1, 0.15) is 5.76 Å². The lowest BCUT2D eigenvalue weighted by Crippen LogP contribution is -2.28. The van der Waals surface area contributed by atoms with Gasteiger partial charge in [-0.15, -0.1) is 5.10 Å². The topological polar surface area (TPSA) is 71.1 Å². The highest BCUT2D eigenvalue weighted by Gasteiger charge is 2.34. The molecule has 0 atom stereocenters. The standard InChI is InChI=1S/C25H24N4O2S/c1-25(2,3)20-10-8-18(9-11-20)16-27-28-24-29(17-21-7-5-13-31-21)23(30)22(32-24)14-19-6-4-12-26-15-19/h4-16H,17H2,1-3H3/b22-14-,27-16+,28-24-. The highest BCUT2D eigenvalue weighted by molar-refractivity contribution is 8.18. The van der Waals surface area contributed by atoms with Crippen LogP contribution in [0.15, 0.2) is 86.7 Å². The first-order valence-electron chi connectivity index (χ1n) is 10.3. The summed E-state index contributed by atoms with van der Waals surface area (Å²) in [6, 6.07) is 15.6. The van der Waals surface area contributed by atoms with Crippen LogP contribution in [0.25, 0.3) is 6.08 Å². The molecule has 1 aliphatic heterocycles. The van der Waals surface area contributed by atoms with Crippen LogP contribution in [0.2, 0.25) is 0 Å².